The van der Waals surface area contributed by atoms with Crippen molar-refractivity contribution >= 4 is 5.91 Å². The Balaban J connectivity index is 1.90. The van der Waals surface area contributed by atoms with Gasteiger partial charge in [-0.1, -0.05) is 19.3 Å². The van der Waals surface area contributed by atoms with Crippen molar-refractivity contribution in [2.45, 2.75) is 57.1 Å². The third-order valence-electron chi connectivity index (χ3n) is 4.23. The molecule has 2 atom stereocenters. The van der Waals surface area contributed by atoms with Crippen molar-refractivity contribution < 1.29 is 9.90 Å². The van der Waals surface area contributed by atoms with E-state index in [1.165, 1.54) is 0 Å². The lowest BCUT2D eigenvalue weighted by atomic mass is 9.68. The number of hydrogen-bond donors (Lipinski definition) is 3. The van der Waals surface area contributed by atoms with Gasteiger partial charge in [0.2, 0.25) is 5.91 Å². The number of rotatable bonds is 3. The number of carbonyl (C=O) groups is 1. The van der Waals surface area contributed by atoms with Gasteiger partial charge in [0.15, 0.2) is 0 Å². The van der Waals surface area contributed by atoms with Crippen LogP contribution in [0, 0.1) is 5.41 Å². The summed E-state index contributed by atoms with van der Waals surface area (Å²) >= 11 is 0. The lowest BCUT2D eigenvalue weighted by molar-refractivity contribution is -0.137. The summed E-state index contributed by atoms with van der Waals surface area (Å²) < 4.78 is 0. The molecule has 92 valence electrons. The second kappa shape index (κ2) is 4.72. The zero-order chi connectivity index (χ0) is 11.6. The molecule has 2 aliphatic carbocycles. The monoisotopic (exact) mass is 226 g/mol. The number of nitrogens with one attached hydrogen (secondary N) is 1. The highest BCUT2D eigenvalue weighted by Crippen LogP contribution is 2.40. The molecule has 16 heavy (non-hydrogen) atoms. The van der Waals surface area contributed by atoms with E-state index in [0.29, 0.717) is 6.54 Å². The fourth-order valence-electron chi connectivity index (χ4n) is 2.73. The van der Waals surface area contributed by atoms with Crippen LogP contribution in [0.1, 0.15) is 44.9 Å². The van der Waals surface area contributed by atoms with Crippen LogP contribution >= 0.6 is 0 Å². The van der Waals surface area contributed by atoms with Crippen molar-refractivity contribution in [2.24, 2.45) is 11.1 Å². The van der Waals surface area contributed by atoms with Crippen LogP contribution in [0.4, 0.5) is 0 Å². The minimum atomic E-state index is -0.368. The highest BCUT2D eigenvalue weighted by atomic mass is 16.3. The van der Waals surface area contributed by atoms with E-state index in [1.807, 2.05) is 0 Å². The van der Waals surface area contributed by atoms with Gasteiger partial charge in [-0.25, -0.2) is 0 Å². The number of amides is 1. The molecule has 2 aliphatic rings. The normalized spacial score (nSPS) is 32.9. The van der Waals surface area contributed by atoms with Crippen molar-refractivity contribution in [2.75, 3.05) is 6.54 Å². The summed E-state index contributed by atoms with van der Waals surface area (Å²) in [6.07, 6.45) is 6.39. The highest BCUT2D eigenvalue weighted by molar-refractivity contribution is 5.84. The molecule has 0 saturated heterocycles. The smallest absolute Gasteiger partial charge is 0.227 e. The van der Waals surface area contributed by atoms with Gasteiger partial charge in [0.25, 0.3) is 0 Å². The van der Waals surface area contributed by atoms with Crippen LogP contribution in [0.25, 0.3) is 0 Å². The van der Waals surface area contributed by atoms with Crippen LogP contribution in [0.15, 0.2) is 0 Å². The third kappa shape index (κ3) is 2.09. The Bertz CT molecular complexity index is 258. The van der Waals surface area contributed by atoms with Gasteiger partial charge in [-0.05, 0) is 25.7 Å². The highest BCUT2D eigenvalue weighted by Gasteiger charge is 2.43. The molecule has 0 aromatic heterocycles. The fraction of sp³-hybridized carbons (Fsp3) is 0.917. The largest absolute Gasteiger partial charge is 0.391 e. The molecule has 0 aromatic rings. The van der Waals surface area contributed by atoms with E-state index in [2.05, 4.69) is 5.32 Å². The lowest BCUT2D eigenvalue weighted by Crippen LogP contribution is -2.55. The molecular formula is C12H22N2O2. The molecule has 4 N–H and O–H groups in total. The van der Waals surface area contributed by atoms with Crippen molar-refractivity contribution in [3.8, 4) is 0 Å². The summed E-state index contributed by atoms with van der Waals surface area (Å²) in [6, 6.07) is -0.0507. The maximum absolute atomic E-state index is 12.1. The van der Waals surface area contributed by atoms with Crippen LogP contribution in [0.3, 0.4) is 0 Å². The Labute approximate surface area is 96.6 Å². The van der Waals surface area contributed by atoms with Gasteiger partial charge in [-0.2, -0.15) is 0 Å². The predicted molar refractivity (Wildman–Crippen MR) is 61.7 cm³/mol. The molecule has 0 heterocycles. The van der Waals surface area contributed by atoms with Gasteiger partial charge in [0.05, 0.1) is 17.6 Å². The molecule has 2 fully saturated rings. The minimum Gasteiger partial charge on any atom is -0.391 e. The van der Waals surface area contributed by atoms with Gasteiger partial charge >= 0.3 is 0 Å². The molecule has 0 aliphatic heterocycles. The molecule has 2 saturated carbocycles. The number of carbonyl (C=O) groups excluding carboxylic acids is 1. The first kappa shape index (κ1) is 11.9. The molecule has 0 unspecified atom stereocenters. The van der Waals surface area contributed by atoms with Crippen LogP contribution < -0.4 is 11.1 Å². The standard InChI is InChI=1S/C12H22N2O2/c13-8-12(6-3-7-12)11(16)14-9-4-1-2-5-10(9)15/h9-10,15H,1-8,13H2,(H,14,16)/t9-,10-/m0/s1. The molecule has 0 spiro atoms. The van der Waals surface area contributed by atoms with Gasteiger partial charge in [-0.15, -0.1) is 0 Å². The van der Waals surface area contributed by atoms with Gasteiger partial charge in [0, 0.05) is 6.54 Å². The second-order valence-corrected chi connectivity index (χ2v) is 5.27. The Morgan fingerprint density at radius 3 is 2.50 bits per heavy atom. The van der Waals surface area contributed by atoms with Gasteiger partial charge in [0.1, 0.15) is 0 Å². The van der Waals surface area contributed by atoms with Gasteiger partial charge in [-0.3, -0.25) is 4.79 Å². The van der Waals surface area contributed by atoms with Crippen LogP contribution in [-0.2, 0) is 4.79 Å². The van der Waals surface area contributed by atoms with Crippen molar-refractivity contribution in [1.82, 2.24) is 5.32 Å². The van der Waals surface area contributed by atoms with Crippen LogP contribution in [0.2, 0.25) is 0 Å². The molecule has 2 rings (SSSR count). The number of aliphatic hydroxyl groups is 1. The van der Waals surface area contributed by atoms with E-state index < -0.39 is 0 Å². The Morgan fingerprint density at radius 2 is 2.00 bits per heavy atom. The van der Waals surface area contributed by atoms with E-state index in [-0.39, 0.29) is 23.5 Å². The lowest BCUT2D eigenvalue weighted by Gasteiger charge is -2.41. The summed E-state index contributed by atoms with van der Waals surface area (Å²) in [5.74, 6) is 0.0622. The number of nitrogens with two attached hydrogens (primary N) is 1. The first-order valence-electron chi connectivity index (χ1n) is 6.37. The average molecular weight is 226 g/mol. The van der Waals surface area contributed by atoms with Crippen LogP contribution in [0.5, 0.6) is 0 Å². The summed E-state index contributed by atoms with van der Waals surface area (Å²) in [7, 11) is 0. The van der Waals surface area contributed by atoms with Gasteiger partial charge < -0.3 is 16.2 Å². The summed E-state index contributed by atoms with van der Waals surface area (Å²) in [5.41, 5.74) is 5.36. The molecule has 0 aromatic carbocycles. The first-order chi connectivity index (χ1) is 7.68. The molecule has 1 amide bonds. The Hall–Kier alpha value is -0.610. The van der Waals surface area contributed by atoms with Crippen molar-refractivity contribution in [1.29, 1.82) is 0 Å². The zero-order valence-corrected chi connectivity index (χ0v) is 9.74. The maximum Gasteiger partial charge on any atom is 0.227 e. The SMILES string of the molecule is NCC1(C(=O)N[C@H]2CCCC[C@@H]2O)CCC1. The summed E-state index contributed by atoms with van der Waals surface area (Å²) in [6.45, 7) is 0.432. The molecular weight excluding hydrogens is 204 g/mol. The quantitative estimate of drug-likeness (QED) is 0.657. The summed E-state index contributed by atoms with van der Waals surface area (Å²) in [5, 5.41) is 12.8. The van der Waals surface area contributed by atoms with E-state index in [4.69, 9.17) is 5.73 Å². The number of aliphatic hydroxyl groups excluding tert-OH is 1. The van der Waals surface area contributed by atoms with E-state index >= 15 is 0 Å². The van der Waals surface area contributed by atoms with E-state index in [1.54, 1.807) is 0 Å². The van der Waals surface area contributed by atoms with Crippen molar-refractivity contribution in [3.05, 3.63) is 0 Å². The third-order valence-corrected chi connectivity index (χ3v) is 4.23. The maximum atomic E-state index is 12.1. The molecule has 4 heteroatoms. The average Bonchev–Trinajstić information content (AvgIpc) is 2.21. The Kier molecular flexibility index (Phi) is 3.50. The predicted octanol–water partition coefficient (Wildman–Crippen LogP) is 0.535. The second-order valence-electron chi connectivity index (χ2n) is 5.27. The molecule has 4 nitrogen and oxygen atoms in total. The van der Waals surface area contributed by atoms with Crippen molar-refractivity contribution in [3.63, 3.8) is 0 Å². The summed E-state index contributed by atoms with van der Waals surface area (Å²) in [4.78, 5) is 12.1. The fourth-order valence-corrected chi connectivity index (χ4v) is 2.73. The Morgan fingerprint density at radius 1 is 1.31 bits per heavy atom. The topological polar surface area (TPSA) is 75.4 Å². The van der Waals surface area contributed by atoms with E-state index in [9.17, 15) is 9.90 Å². The van der Waals surface area contributed by atoms with E-state index in [0.717, 1.165) is 44.9 Å². The first-order valence-corrected chi connectivity index (χ1v) is 6.37. The molecule has 0 radical (unpaired) electrons. The molecule has 0 bridgehead atoms. The minimum absolute atomic E-state index is 0.0507. The zero-order valence-electron chi connectivity index (χ0n) is 9.74. The van der Waals surface area contributed by atoms with Crippen LogP contribution in [-0.4, -0.2) is 29.7 Å². The number of hydrogen-bond acceptors (Lipinski definition) is 3.